The van der Waals surface area contributed by atoms with Gasteiger partial charge in [0.25, 0.3) is 0 Å². The summed E-state index contributed by atoms with van der Waals surface area (Å²) >= 11 is 3.29. The highest BCUT2D eigenvalue weighted by atomic mass is 79.9. The quantitative estimate of drug-likeness (QED) is 0.372. The Kier molecular flexibility index (Phi) is 9.20. The number of benzene rings is 1. The fourth-order valence-electron chi connectivity index (χ4n) is 1.77. The SMILES string of the molecule is CCNC(=NCCOCC)NCCS(=O)(=O)c1ccc(Br)cc1. The summed E-state index contributed by atoms with van der Waals surface area (Å²) in [6, 6.07) is 6.64. The van der Waals surface area contributed by atoms with Gasteiger partial charge in [0, 0.05) is 24.2 Å². The zero-order chi connectivity index (χ0) is 17.1. The van der Waals surface area contributed by atoms with Crippen LogP contribution >= 0.6 is 15.9 Å². The van der Waals surface area contributed by atoms with Crippen LogP contribution in [0.5, 0.6) is 0 Å². The fourth-order valence-corrected chi connectivity index (χ4v) is 3.19. The molecule has 1 rings (SSSR count). The predicted molar refractivity (Wildman–Crippen MR) is 96.7 cm³/mol. The lowest BCUT2D eigenvalue weighted by Crippen LogP contribution is -2.39. The van der Waals surface area contributed by atoms with Gasteiger partial charge in [-0.2, -0.15) is 0 Å². The third kappa shape index (κ3) is 7.81. The predicted octanol–water partition coefficient (Wildman–Crippen LogP) is 1.81. The molecular formula is C15H24BrN3O3S. The van der Waals surface area contributed by atoms with Crippen LogP contribution in [0.25, 0.3) is 0 Å². The van der Waals surface area contributed by atoms with Crippen molar-refractivity contribution in [3.63, 3.8) is 0 Å². The van der Waals surface area contributed by atoms with Crippen molar-refractivity contribution in [1.29, 1.82) is 0 Å². The van der Waals surface area contributed by atoms with Gasteiger partial charge in [-0.1, -0.05) is 15.9 Å². The molecule has 6 nitrogen and oxygen atoms in total. The molecule has 0 spiro atoms. The van der Waals surface area contributed by atoms with Crippen molar-refractivity contribution in [3.05, 3.63) is 28.7 Å². The Hall–Kier alpha value is -1.12. The van der Waals surface area contributed by atoms with Gasteiger partial charge in [-0.05, 0) is 38.1 Å². The zero-order valence-electron chi connectivity index (χ0n) is 13.5. The van der Waals surface area contributed by atoms with E-state index in [0.717, 1.165) is 4.47 Å². The molecule has 1 aromatic rings. The Bertz CT molecular complexity index is 588. The van der Waals surface area contributed by atoms with Gasteiger partial charge in [0.2, 0.25) is 0 Å². The minimum atomic E-state index is -3.31. The van der Waals surface area contributed by atoms with Gasteiger partial charge < -0.3 is 15.4 Å². The number of sulfone groups is 1. The van der Waals surface area contributed by atoms with E-state index >= 15 is 0 Å². The minimum absolute atomic E-state index is 0.00447. The first-order chi connectivity index (χ1) is 11.0. The molecule has 0 aliphatic heterocycles. The van der Waals surface area contributed by atoms with Gasteiger partial charge in [-0.25, -0.2) is 8.42 Å². The molecule has 0 amide bonds. The number of halogens is 1. The number of guanidine groups is 1. The van der Waals surface area contributed by atoms with Crippen LogP contribution in [-0.4, -0.2) is 53.0 Å². The van der Waals surface area contributed by atoms with Gasteiger partial charge in [-0.3, -0.25) is 4.99 Å². The molecule has 0 aromatic heterocycles. The van der Waals surface area contributed by atoms with Crippen LogP contribution in [-0.2, 0) is 14.6 Å². The zero-order valence-corrected chi connectivity index (χ0v) is 15.9. The lowest BCUT2D eigenvalue weighted by molar-refractivity contribution is 0.155. The van der Waals surface area contributed by atoms with E-state index in [1.807, 2.05) is 13.8 Å². The molecule has 0 aliphatic rings. The van der Waals surface area contributed by atoms with E-state index < -0.39 is 9.84 Å². The molecule has 23 heavy (non-hydrogen) atoms. The normalized spacial score (nSPS) is 12.2. The maximum absolute atomic E-state index is 12.2. The first-order valence-electron chi connectivity index (χ1n) is 7.57. The molecule has 0 heterocycles. The van der Waals surface area contributed by atoms with Crippen LogP contribution in [0.15, 0.2) is 38.6 Å². The summed E-state index contributed by atoms with van der Waals surface area (Å²) in [5, 5.41) is 6.11. The second-order valence-corrected chi connectivity index (χ2v) is 7.68. The number of ether oxygens (including phenoxy) is 1. The standard InChI is InChI=1S/C15H24BrN3O3S/c1-3-17-15(18-9-11-22-4-2)19-10-12-23(20,21)14-7-5-13(16)6-8-14/h5-8H,3-4,9-12H2,1-2H3,(H2,17,18,19). The van der Waals surface area contributed by atoms with Crippen molar-refractivity contribution in [2.24, 2.45) is 4.99 Å². The summed E-state index contributed by atoms with van der Waals surface area (Å²) in [5.74, 6) is 0.600. The van der Waals surface area contributed by atoms with Crippen molar-refractivity contribution in [1.82, 2.24) is 10.6 Å². The highest BCUT2D eigenvalue weighted by molar-refractivity contribution is 9.10. The summed E-state index contributed by atoms with van der Waals surface area (Å²) in [6.07, 6.45) is 0. The van der Waals surface area contributed by atoms with Crippen molar-refractivity contribution in [3.8, 4) is 0 Å². The van der Waals surface area contributed by atoms with Crippen molar-refractivity contribution >= 4 is 31.7 Å². The molecule has 0 radical (unpaired) electrons. The fraction of sp³-hybridized carbons (Fsp3) is 0.533. The van der Waals surface area contributed by atoms with E-state index in [4.69, 9.17) is 4.74 Å². The number of rotatable bonds is 9. The van der Waals surface area contributed by atoms with Crippen molar-refractivity contribution in [2.45, 2.75) is 18.7 Å². The molecule has 2 N–H and O–H groups in total. The molecule has 0 atom stereocenters. The van der Waals surface area contributed by atoms with E-state index in [0.29, 0.717) is 43.7 Å². The number of hydrogen-bond acceptors (Lipinski definition) is 4. The monoisotopic (exact) mass is 405 g/mol. The number of aliphatic imine (C=N–C) groups is 1. The molecule has 130 valence electrons. The summed E-state index contributed by atoms with van der Waals surface area (Å²) in [4.78, 5) is 4.64. The van der Waals surface area contributed by atoms with Crippen LogP contribution in [0.1, 0.15) is 13.8 Å². The molecule has 0 fully saturated rings. The van der Waals surface area contributed by atoms with Crippen LogP contribution < -0.4 is 10.6 Å². The largest absolute Gasteiger partial charge is 0.380 e. The van der Waals surface area contributed by atoms with Crippen molar-refractivity contribution < 1.29 is 13.2 Å². The molecule has 8 heteroatoms. The molecule has 0 bridgehead atoms. The van der Waals surface area contributed by atoms with Gasteiger partial charge >= 0.3 is 0 Å². The first-order valence-corrected chi connectivity index (χ1v) is 10.0. The van der Waals surface area contributed by atoms with E-state index in [2.05, 4.69) is 31.6 Å². The second kappa shape index (κ2) is 10.6. The first kappa shape index (κ1) is 19.9. The summed E-state index contributed by atoms with van der Waals surface area (Å²) in [5.41, 5.74) is 0. The number of nitrogens with one attached hydrogen (secondary N) is 2. The lowest BCUT2D eigenvalue weighted by Gasteiger charge is -2.11. The lowest BCUT2D eigenvalue weighted by atomic mass is 10.4. The average molecular weight is 406 g/mol. The summed E-state index contributed by atoms with van der Waals surface area (Å²) in [6.45, 7) is 6.62. The maximum Gasteiger partial charge on any atom is 0.191 e. The summed E-state index contributed by atoms with van der Waals surface area (Å²) in [7, 11) is -3.31. The topological polar surface area (TPSA) is 79.8 Å². The highest BCUT2D eigenvalue weighted by Crippen LogP contribution is 2.15. The third-order valence-electron chi connectivity index (χ3n) is 2.89. The molecule has 0 saturated carbocycles. The van der Waals surface area contributed by atoms with Gasteiger partial charge in [0.05, 0.1) is 23.8 Å². The maximum atomic E-state index is 12.2. The Morgan fingerprint density at radius 2 is 1.91 bits per heavy atom. The van der Waals surface area contributed by atoms with E-state index in [-0.39, 0.29) is 5.75 Å². The smallest absolute Gasteiger partial charge is 0.191 e. The number of hydrogen-bond donors (Lipinski definition) is 2. The molecule has 0 unspecified atom stereocenters. The van der Waals surface area contributed by atoms with Gasteiger partial charge in [-0.15, -0.1) is 0 Å². The number of nitrogens with zero attached hydrogens (tertiary/aromatic N) is 1. The van der Waals surface area contributed by atoms with Crippen molar-refractivity contribution in [2.75, 3.05) is 38.6 Å². The average Bonchev–Trinajstić information content (AvgIpc) is 2.52. The van der Waals surface area contributed by atoms with Gasteiger partial charge in [0.15, 0.2) is 15.8 Å². The van der Waals surface area contributed by atoms with Crippen LogP contribution in [0.2, 0.25) is 0 Å². The van der Waals surface area contributed by atoms with E-state index in [9.17, 15) is 8.42 Å². The Balaban J connectivity index is 2.52. The Morgan fingerprint density at radius 1 is 1.22 bits per heavy atom. The third-order valence-corrected chi connectivity index (χ3v) is 5.15. The van der Waals surface area contributed by atoms with Crippen LogP contribution in [0, 0.1) is 0 Å². The molecule has 1 aromatic carbocycles. The highest BCUT2D eigenvalue weighted by Gasteiger charge is 2.14. The van der Waals surface area contributed by atoms with Crippen LogP contribution in [0.4, 0.5) is 0 Å². The molecular weight excluding hydrogens is 382 g/mol. The van der Waals surface area contributed by atoms with E-state index in [1.165, 1.54) is 0 Å². The molecule has 0 saturated heterocycles. The van der Waals surface area contributed by atoms with Crippen LogP contribution in [0.3, 0.4) is 0 Å². The van der Waals surface area contributed by atoms with E-state index in [1.54, 1.807) is 24.3 Å². The second-order valence-electron chi connectivity index (χ2n) is 4.66. The minimum Gasteiger partial charge on any atom is -0.380 e. The molecule has 0 aliphatic carbocycles. The van der Waals surface area contributed by atoms with Gasteiger partial charge in [0.1, 0.15) is 0 Å². The Morgan fingerprint density at radius 3 is 2.52 bits per heavy atom. The Labute approximate surface area is 146 Å². The summed E-state index contributed by atoms with van der Waals surface area (Å²) < 4.78 is 30.6.